The van der Waals surface area contributed by atoms with Crippen LogP contribution in [0.15, 0.2) is 24.3 Å². The average molecular weight is 313 g/mol. The minimum atomic E-state index is -3.29. The standard InChI is InChI=1S/C15H27N3O2S/c1-13(2)18(3)9-5-8-17-21(19,20)12-15-7-4-6-14(10-15)11-16/h4,6-7,10,13,17H,5,8-9,11-12,16H2,1-3H3. The zero-order valence-electron chi connectivity index (χ0n) is 13.2. The molecule has 0 radical (unpaired) electrons. The van der Waals surface area contributed by atoms with Crippen molar-refractivity contribution in [1.29, 1.82) is 0 Å². The molecular weight excluding hydrogens is 286 g/mol. The van der Waals surface area contributed by atoms with Crippen LogP contribution in [-0.4, -0.2) is 39.5 Å². The van der Waals surface area contributed by atoms with E-state index in [1.54, 1.807) is 0 Å². The summed E-state index contributed by atoms with van der Waals surface area (Å²) in [4.78, 5) is 2.19. The molecule has 120 valence electrons. The highest BCUT2D eigenvalue weighted by molar-refractivity contribution is 7.88. The Morgan fingerprint density at radius 1 is 1.29 bits per heavy atom. The number of sulfonamides is 1. The van der Waals surface area contributed by atoms with Gasteiger partial charge in [-0.05, 0) is 45.0 Å². The number of rotatable bonds is 9. The molecule has 0 aliphatic carbocycles. The Morgan fingerprint density at radius 2 is 1.95 bits per heavy atom. The summed E-state index contributed by atoms with van der Waals surface area (Å²) in [6.45, 7) is 6.00. The Balaban J connectivity index is 2.43. The zero-order chi connectivity index (χ0) is 15.9. The minimum Gasteiger partial charge on any atom is -0.326 e. The van der Waals surface area contributed by atoms with Crippen molar-refractivity contribution in [2.24, 2.45) is 5.73 Å². The molecule has 0 atom stereocenters. The number of hydrogen-bond donors (Lipinski definition) is 2. The predicted molar refractivity (Wildman–Crippen MR) is 87.3 cm³/mol. The van der Waals surface area contributed by atoms with Gasteiger partial charge in [-0.3, -0.25) is 0 Å². The van der Waals surface area contributed by atoms with Gasteiger partial charge in [-0.15, -0.1) is 0 Å². The monoisotopic (exact) mass is 313 g/mol. The highest BCUT2D eigenvalue weighted by Crippen LogP contribution is 2.08. The summed E-state index contributed by atoms with van der Waals surface area (Å²) < 4.78 is 26.7. The van der Waals surface area contributed by atoms with Crippen molar-refractivity contribution >= 4 is 10.0 Å². The quantitative estimate of drug-likeness (QED) is 0.674. The lowest BCUT2D eigenvalue weighted by atomic mass is 10.1. The van der Waals surface area contributed by atoms with Crippen LogP contribution in [0.3, 0.4) is 0 Å². The second kappa shape index (κ2) is 8.48. The van der Waals surface area contributed by atoms with Gasteiger partial charge in [0.05, 0.1) is 5.75 Å². The fourth-order valence-electron chi connectivity index (χ4n) is 1.93. The van der Waals surface area contributed by atoms with E-state index in [4.69, 9.17) is 5.73 Å². The number of nitrogens with zero attached hydrogens (tertiary/aromatic N) is 1. The predicted octanol–water partition coefficient (Wildman–Crippen LogP) is 1.30. The Kier molecular flexibility index (Phi) is 7.31. The highest BCUT2D eigenvalue weighted by Gasteiger charge is 2.11. The molecule has 1 rings (SSSR count). The van der Waals surface area contributed by atoms with E-state index < -0.39 is 10.0 Å². The number of benzene rings is 1. The minimum absolute atomic E-state index is 0.000853. The van der Waals surface area contributed by atoms with Crippen LogP contribution in [-0.2, 0) is 22.3 Å². The third kappa shape index (κ3) is 7.04. The van der Waals surface area contributed by atoms with Crippen LogP contribution < -0.4 is 10.5 Å². The lowest BCUT2D eigenvalue weighted by Gasteiger charge is -2.20. The molecule has 5 nitrogen and oxygen atoms in total. The molecule has 3 N–H and O–H groups in total. The first-order chi connectivity index (χ1) is 9.84. The van der Waals surface area contributed by atoms with Crippen molar-refractivity contribution in [3.8, 4) is 0 Å². The summed E-state index contributed by atoms with van der Waals surface area (Å²) in [5, 5.41) is 0. The first-order valence-electron chi connectivity index (χ1n) is 7.29. The number of nitrogens with one attached hydrogen (secondary N) is 1. The fraction of sp³-hybridized carbons (Fsp3) is 0.600. The average Bonchev–Trinajstić information content (AvgIpc) is 2.42. The van der Waals surface area contributed by atoms with E-state index in [0.29, 0.717) is 19.1 Å². The molecule has 0 bridgehead atoms. The summed E-state index contributed by atoms with van der Waals surface area (Å²) >= 11 is 0. The molecule has 0 heterocycles. The van der Waals surface area contributed by atoms with Gasteiger partial charge < -0.3 is 10.6 Å². The molecule has 0 fully saturated rings. The number of nitrogens with two attached hydrogens (primary N) is 1. The van der Waals surface area contributed by atoms with Crippen LogP contribution in [0.5, 0.6) is 0 Å². The van der Waals surface area contributed by atoms with Crippen molar-refractivity contribution in [3.05, 3.63) is 35.4 Å². The smallest absolute Gasteiger partial charge is 0.215 e. The number of hydrogen-bond acceptors (Lipinski definition) is 4. The molecule has 21 heavy (non-hydrogen) atoms. The SMILES string of the molecule is CC(C)N(C)CCCNS(=O)(=O)Cc1cccc(CN)c1. The fourth-order valence-corrected chi connectivity index (χ4v) is 3.11. The lowest BCUT2D eigenvalue weighted by Crippen LogP contribution is -2.31. The summed E-state index contributed by atoms with van der Waals surface area (Å²) in [7, 11) is -1.25. The zero-order valence-corrected chi connectivity index (χ0v) is 14.0. The van der Waals surface area contributed by atoms with E-state index in [0.717, 1.165) is 24.1 Å². The van der Waals surface area contributed by atoms with Crippen molar-refractivity contribution in [3.63, 3.8) is 0 Å². The van der Waals surface area contributed by atoms with Gasteiger partial charge in [0, 0.05) is 19.1 Å². The normalized spacial score (nSPS) is 12.3. The highest BCUT2D eigenvalue weighted by atomic mass is 32.2. The lowest BCUT2D eigenvalue weighted by molar-refractivity contribution is 0.271. The Hall–Kier alpha value is -0.950. The molecule has 1 aromatic carbocycles. The van der Waals surface area contributed by atoms with Gasteiger partial charge in [0.2, 0.25) is 10.0 Å². The van der Waals surface area contributed by atoms with Gasteiger partial charge in [-0.25, -0.2) is 13.1 Å². The van der Waals surface area contributed by atoms with Crippen LogP contribution in [0.4, 0.5) is 0 Å². The molecular formula is C15H27N3O2S. The van der Waals surface area contributed by atoms with Gasteiger partial charge in [0.15, 0.2) is 0 Å². The van der Waals surface area contributed by atoms with Crippen LogP contribution in [0.1, 0.15) is 31.4 Å². The Bertz CT molecular complexity index is 529. The summed E-state index contributed by atoms with van der Waals surface area (Å²) in [5.41, 5.74) is 7.28. The molecule has 0 amide bonds. The maximum absolute atomic E-state index is 12.0. The topological polar surface area (TPSA) is 75.4 Å². The van der Waals surface area contributed by atoms with Crippen LogP contribution in [0, 0.1) is 0 Å². The maximum atomic E-state index is 12.0. The largest absolute Gasteiger partial charge is 0.326 e. The van der Waals surface area contributed by atoms with Gasteiger partial charge in [-0.1, -0.05) is 24.3 Å². The van der Waals surface area contributed by atoms with E-state index in [1.165, 1.54) is 0 Å². The maximum Gasteiger partial charge on any atom is 0.215 e. The van der Waals surface area contributed by atoms with E-state index >= 15 is 0 Å². The van der Waals surface area contributed by atoms with Crippen molar-refractivity contribution in [1.82, 2.24) is 9.62 Å². The third-order valence-corrected chi connectivity index (χ3v) is 4.83. The first-order valence-corrected chi connectivity index (χ1v) is 8.95. The van der Waals surface area contributed by atoms with Gasteiger partial charge in [0.25, 0.3) is 0 Å². The third-order valence-electron chi connectivity index (χ3n) is 3.47. The van der Waals surface area contributed by atoms with Crippen LogP contribution in [0.2, 0.25) is 0 Å². The second-order valence-electron chi connectivity index (χ2n) is 5.61. The molecule has 0 aliphatic heterocycles. The molecule has 6 heteroatoms. The summed E-state index contributed by atoms with van der Waals surface area (Å²) in [6, 6.07) is 7.85. The molecule has 0 saturated heterocycles. The molecule has 0 aliphatic rings. The van der Waals surface area contributed by atoms with Crippen molar-refractivity contribution in [2.75, 3.05) is 20.1 Å². The Morgan fingerprint density at radius 3 is 2.57 bits per heavy atom. The van der Waals surface area contributed by atoms with Gasteiger partial charge >= 0.3 is 0 Å². The van der Waals surface area contributed by atoms with Crippen LogP contribution in [0.25, 0.3) is 0 Å². The summed E-state index contributed by atoms with van der Waals surface area (Å²) in [5.74, 6) is 0.000853. The first kappa shape index (κ1) is 18.1. The van der Waals surface area contributed by atoms with Crippen molar-refractivity contribution < 1.29 is 8.42 Å². The molecule has 0 saturated carbocycles. The van der Waals surface area contributed by atoms with E-state index in [9.17, 15) is 8.42 Å². The van der Waals surface area contributed by atoms with Crippen LogP contribution >= 0.6 is 0 Å². The van der Waals surface area contributed by atoms with Gasteiger partial charge in [0.1, 0.15) is 0 Å². The van der Waals surface area contributed by atoms with E-state index in [1.807, 2.05) is 31.3 Å². The molecule has 0 unspecified atom stereocenters. The van der Waals surface area contributed by atoms with Crippen molar-refractivity contribution in [2.45, 2.75) is 38.6 Å². The second-order valence-corrected chi connectivity index (χ2v) is 7.41. The van der Waals surface area contributed by atoms with E-state index in [2.05, 4.69) is 23.5 Å². The van der Waals surface area contributed by atoms with Gasteiger partial charge in [-0.2, -0.15) is 0 Å². The molecule has 0 aromatic heterocycles. The molecule has 1 aromatic rings. The Labute approximate surface area is 128 Å². The molecule has 0 spiro atoms. The van der Waals surface area contributed by atoms with E-state index in [-0.39, 0.29) is 5.75 Å². The summed E-state index contributed by atoms with van der Waals surface area (Å²) in [6.07, 6.45) is 0.802.